The SMILES string of the molecule is CNc1ccc(Cn2cc(-c3nc(-c4ccc(C(C)(C)C(F)(F)F)cc4)no3)ccc2=O)cn1. The van der Waals surface area contributed by atoms with E-state index in [0.29, 0.717) is 17.7 Å². The first-order valence-corrected chi connectivity index (χ1v) is 10.4. The van der Waals surface area contributed by atoms with Crippen molar-refractivity contribution in [3.63, 3.8) is 0 Å². The third-order valence-electron chi connectivity index (χ3n) is 5.66. The lowest BCUT2D eigenvalue weighted by Crippen LogP contribution is -2.36. The monoisotopic (exact) mass is 469 g/mol. The van der Waals surface area contributed by atoms with E-state index in [-0.39, 0.29) is 22.8 Å². The first kappa shape index (κ1) is 23.2. The van der Waals surface area contributed by atoms with Crippen LogP contribution in [0.5, 0.6) is 0 Å². The molecule has 0 atom stereocenters. The molecule has 3 heterocycles. The minimum atomic E-state index is -4.37. The maximum atomic E-state index is 13.3. The Hall–Kier alpha value is -3.95. The number of rotatable bonds is 6. The van der Waals surface area contributed by atoms with Gasteiger partial charge >= 0.3 is 6.18 Å². The van der Waals surface area contributed by atoms with Crippen LogP contribution in [0, 0.1) is 0 Å². The van der Waals surface area contributed by atoms with Crippen LogP contribution in [0.2, 0.25) is 0 Å². The average molecular weight is 469 g/mol. The van der Waals surface area contributed by atoms with Crippen LogP contribution in [0.25, 0.3) is 22.8 Å². The number of halogens is 3. The van der Waals surface area contributed by atoms with Gasteiger partial charge in [0.15, 0.2) is 0 Å². The van der Waals surface area contributed by atoms with Crippen molar-refractivity contribution in [1.82, 2.24) is 19.7 Å². The Morgan fingerprint density at radius 3 is 2.32 bits per heavy atom. The molecule has 0 radical (unpaired) electrons. The average Bonchev–Trinajstić information content (AvgIpc) is 3.31. The zero-order chi connectivity index (χ0) is 24.5. The number of anilines is 1. The molecule has 0 fully saturated rings. The highest BCUT2D eigenvalue weighted by Crippen LogP contribution is 2.40. The molecule has 0 aliphatic heterocycles. The highest BCUT2D eigenvalue weighted by atomic mass is 19.4. The Labute approximate surface area is 193 Å². The van der Waals surface area contributed by atoms with Crippen molar-refractivity contribution >= 4 is 5.82 Å². The third-order valence-corrected chi connectivity index (χ3v) is 5.66. The molecule has 0 amide bonds. The van der Waals surface area contributed by atoms with E-state index < -0.39 is 11.6 Å². The normalized spacial score (nSPS) is 12.1. The van der Waals surface area contributed by atoms with Gasteiger partial charge in [-0.15, -0.1) is 0 Å². The van der Waals surface area contributed by atoms with Crippen molar-refractivity contribution < 1.29 is 17.7 Å². The lowest BCUT2D eigenvalue weighted by Gasteiger charge is -2.28. The maximum Gasteiger partial charge on any atom is 0.397 e. The molecular weight excluding hydrogens is 447 g/mol. The fourth-order valence-electron chi connectivity index (χ4n) is 3.30. The fraction of sp³-hybridized carbons (Fsp3) is 0.250. The zero-order valence-electron chi connectivity index (χ0n) is 18.7. The number of pyridine rings is 2. The molecule has 0 bridgehead atoms. The van der Waals surface area contributed by atoms with Crippen LogP contribution in [0.3, 0.4) is 0 Å². The number of hydrogen-bond acceptors (Lipinski definition) is 6. The van der Waals surface area contributed by atoms with E-state index in [1.165, 1.54) is 34.9 Å². The molecule has 1 aromatic carbocycles. The lowest BCUT2D eigenvalue weighted by atomic mass is 9.83. The first-order valence-electron chi connectivity index (χ1n) is 10.4. The molecule has 0 aliphatic rings. The van der Waals surface area contributed by atoms with Crippen molar-refractivity contribution in [2.75, 3.05) is 12.4 Å². The standard InChI is InChI=1S/C24H22F3N5O2/c1-23(2,24(25,26)27)18-8-5-16(6-9-18)21-30-22(34-31-21)17-7-11-20(33)32(14-17)13-15-4-10-19(28-3)29-12-15/h4-12,14H,13H2,1-3H3,(H,28,29). The second-order valence-electron chi connectivity index (χ2n) is 8.31. The van der Waals surface area contributed by atoms with Crippen LogP contribution in [0.15, 0.2) is 70.2 Å². The van der Waals surface area contributed by atoms with E-state index in [2.05, 4.69) is 20.4 Å². The van der Waals surface area contributed by atoms with Gasteiger partial charge < -0.3 is 14.4 Å². The summed E-state index contributed by atoms with van der Waals surface area (Å²) in [5.41, 5.74) is -0.161. The first-order chi connectivity index (χ1) is 16.1. The second kappa shape index (κ2) is 8.77. The summed E-state index contributed by atoms with van der Waals surface area (Å²) in [5.74, 6) is 1.14. The maximum absolute atomic E-state index is 13.3. The Kier molecular flexibility index (Phi) is 5.99. The van der Waals surface area contributed by atoms with Gasteiger partial charge in [-0.3, -0.25) is 4.79 Å². The largest absolute Gasteiger partial charge is 0.397 e. The minimum Gasteiger partial charge on any atom is -0.373 e. The summed E-state index contributed by atoms with van der Waals surface area (Å²) in [7, 11) is 1.77. The fourth-order valence-corrected chi connectivity index (χ4v) is 3.30. The molecule has 1 N–H and O–H groups in total. The molecule has 0 saturated carbocycles. The number of alkyl halides is 3. The summed E-state index contributed by atoms with van der Waals surface area (Å²) in [4.78, 5) is 20.9. The van der Waals surface area contributed by atoms with Gasteiger partial charge in [-0.05, 0) is 37.1 Å². The predicted molar refractivity (Wildman–Crippen MR) is 121 cm³/mol. The lowest BCUT2D eigenvalue weighted by molar-refractivity contribution is -0.180. The van der Waals surface area contributed by atoms with Gasteiger partial charge in [0.2, 0.25) is 5.82 Å². The van der Waals surface area contributed by atoms with E-state index in [4.69, 9.17) is 4.52 Å². The molecule has 3 aromatic heterocycles. The smallest absolute Gasteiger partial charge is 0.373 e. The van der Waals surface area contributed by atoms with Crippen LogP contribution < -0.4 is 10.9 Å². The van der Waals surface area contributed by atoms with Crippen LogP contribution in [0.1, 0.15) is 25.0 Å². The van der Waals surface area contributed by atoms with E-state index >= 15 is 0 Å². The molecule has 0 unspecified atom stereocenters. The van der Waals surface area contributed by atoms with Gasteiger partial charge in [0, 0.05) is 31.1 Å². The summed E-state index contributed by atoms with van der Waals surface area (Å²) < 4.78 is 46.7. The quantitative estimate of drug-likeness (QED) is 0.433. The molecule has 34 heavy (non-hydrogen) atoms. The van der Waals surface area contributed by atoms with Crippen molar-refractivity contribution in [3.05, 3.63) is 82.4 Å². The van der Waals surface area contributed by atoms with Gasteiger partial charge in [-0.25, -0.2) is 4.98 Å². The van der Waals surface area contributed by atoms with Crippen LogP contribution in [-0.4, -0.2) is 32.9 Å². The number of nitrogens with one attached hydrogen (secondary N) is 1. The molecule has 0 aliphatic carbocycles. The molecule has 7 nitrogen and oxygen atoms in total. The van der Waals surface area contributed by atoms with Gasteiger partial charge in [0.25, 0.3) is 11.4 Å². The Bertz CT molecular complexity index is 1340. The van der Waals surface area contributed by atoms with E-state index in [1.807, 2.05) is 12.1 Å². The zero-order valence-corrected chi connectivity index (χ0v) is 18.7. The second-order valence-corrected chi connectivity index (χ2v) is 8.31. The van der Waals surface area contributed by atoms with Crippen molar-refractivity contribution in [2.24, 2.45) is 0 Å². The van der Waals surface area contributed by atoms with E-state index in [0.717, 1.165) is 25.2 Å². The molecule has 10 heteroatoms. The van der Waals surface area contributed by atoms with Crippen molar-refractivity contribution in [2.45, 2.75) is 32.0 Å². The third kappa shape index (κ3) is 4.57. The van der Waals surface area contributed by atoms with Crippen molar-refractivity contribution in [3.8, 4) is 22.8 Å². The van der Waals surface area contributed by atoms with Crippen LogP contribution in [-0.2, 0) is 12.0 Å². The number of benzene rings is 1. The number of nitrogens with zero attached hydrogens (tertiary/aromatic N) is 4. The van der Waals surface area contributed by atoms with Gasteiger partial charge in [-0.2, -0.15) is 18.2 Å². The molecule has 0 spiro atoms. The molecule has 4 aromatic rings. The molecular formula is C24H22F3N5O2. The van der Waals surface area contributed by atoms with Gasteiger partial charge in [0.1, 0.15) is 5.82 Å². The minimum absolute atomic E-state index is 0.136. The number of hydrogen-bond donors (Lipinski definition) is 1. The number of aromatic nitrogens is 4. The summed E-state index contributed by atoms with van der Waals surface area (Å²) in [6, 6.07) is 12.5. The Morgan fingerprint density at radius 2 is 1.71 bits per heavy atom. The topological polar surface area (TPSA) is 85.8 Å². The molecule has 176 valence electrons. The van der Waals surface area contributed by atoms with E-state index in [1.54, 1.807) is 25.5 Å². The Morgan fingerprint density at radius 1 is 1.00 bits per heavy atom. The van der Waals surface area contributed by atoms with E-state index in [9.17, 15) is 18.0 Å². The predicted octanol–water partition coefficient (Wildman–Crippen LogP) is 4.89. The van der Waals surface area contributed by atoms with Crippen LogP contribution in [0.4, 0.5) is 19.0 Å². The summed E-state index contributed by atoms with van der Waals surface area (Å²) in [6.07, 6.45) is -1.08. The highest BCUT2D eigenvalue weighted by Gasteiger charge is 2.48. The summed E-state index contributed by atoms with van der Waals surface area (Å²) in [5, 5.41) is 6.88. The van der Waals surface area contributed by atoms with Crippen LogP contribution >= 0.6 is 0 Å². The van der Waals surface area contributed by atoms with Gasteiger partial charge in [-0.1, -0.05) is 35.5 Å². The van der Waals surface area contributed by atoms with Crippen molar-refractivity contribution in [1.29, 1.82) is 0 Å². The van der Waals surface area contributed by atoms with Gasteiger partial charge in [0.05, 0.1) is 17.5 Å². The Balaban J connectivity index is 1.57. The highest BCUT2D eigenvalue weighted by molar-refractivity contribution is 5.59. The summed E-state index contributed by atoms with van der Waals surface area (Å²) in [6.45, 7) is 2.57. The summed E-state index contributed by atoms with van der Waals surface area (Å²) >= 11 is 0. The molecule has 4 rings (SSSR count). The molecule has 0 saturated heterocycles.